The Bertz CT molecular complexity index is 826. The van der Waals surface area contributed by atoms with Gasteiger partial charge in [0.05, 0.1) is 7.11 Å². The number of carbonyl (C=O) groups excluding carboxylic acids is 1. The molecule has 0 saturated carbocycles. The van der Waals surface area contributed by atoms with Crippen LogP contribution in [0, 0.1) is 0 Å². The first kappa shape index (κ1) is 17.6. The first-order chi connectivity index (χ1) is 12.1. The largest absolute Gasteiger partial charge is 0.497 e. The van der Waals surface area contributed by atoms with Crippen molar-refractivity contribution in [2.45, 2.75) is 32.6 Å². The number of methoxy groups -OCH3 is 1. The van der Waals surface area contributed by atoms with Gasteiger partial charge in [-0.2, -0.15) is 0 Å². The number of rotatable bonds is 5. The van der Waals surface area contributed by atoms with Crippen LogP contribution in [0.4, 0.5) is 0 Å². The zero-order chi connectivity index (χ0) is 17.8. The van der Waals surface area contributed by atoms with Crippen LogP contribution in [0.5, 0.6) is 5.75 Å². The van der Waals surface area contributed by atoms with E-state index in [1.54, 1.807) is 7.11 Å². The lowest BCUT2D eigenvalue weighted by Crippen LogP contribution is -2.25. The Morgan fingerprint density at radius 1 is 1.20 bits per heavy atom. The average molecular weight is 356 g/mol. The maximum absolute atomic E-state index is 12.0. The zero-order valence-corrected chi connectivity index (χ0v) is 15.3. The van der Waals surface area contributed by atoms with Crippen LogP contribution < -0.4 is 10.1 Å². The van der Waals surface area contributed by atoms with Crippen molar-refractivity contribution in [3.8, 4) is 5.75 Å². The highest BCUT2D eigenvalue weighted by atomic mass is 35.5. The fourth-order valence-electron chi connectivity index (χ4n) is 3.20. The fourth-order valence-corrected chi connectivity index (χ4v) is 3.42. The van der Waals surface area contributed by atoms with Crippen molar-refractivity contribution < 1.29 is 9.53 Å². The number of nitrogens with one attached hydrogen (secondary N) is 1. The SMILES string of the molecule is CCC(=O)NC1=C(Cc2cccc(Cl)c2)c2cc(OC)ccc2CC1. The van der Waals surface area contributed by atoms with Crippen molar-refractivity contribution in [3.05, 3.63) is 69.9 Å². The smallest absolute Gasteiger partial charge is 0.223 e. The van der Waals surface area contributed by atoms with E-state index < -0.39 is 0 Å². The summed E-state index contributed by atoms with van der Waals surface area (Å²) in [6.07, 6.45) is 2.94. The highest BCUT2D eigenvalue weighted by molar-refractivity contribution is 6.30. The highest BCUT2D eigenvalue weighted by Gasteiger charge is 2.21. The molecule has 3 rings (SSSR count). The Morgan fingerprint density at radius 3 is 2.76 bits per heavy atom. The number of benzene rings is 2. The molecule has 130 valence electrons. The molecule has 2 aromatic rings. The summed E-state index contributed by atoms with van der Waals surface area (Å²) in [7, 11) is 1.67. The Kier molecular flexibility index (Phi) is 5.44. The molecule has 0 bridgehead atoms. The standard InChI is InChI=1S/C21H22ClNO2/c1-3-21(24)23-20-10-8-15-7-9-17(25-2)13-18(15)19(20)12-14-5-4-6-16(22)11-14/h4-7,9,11,13H,3,8,10,12H2,1-2H3,(H,23,24). The maximum Gasteiger partial charge on any atom is 0.223 e. The molecule has 2 aromatic carbocycles. The quantitative estimate of drug-likeness (QED) is 0.838. The summed E-state index contributed by atoms with van der Waals surface area (Å²) in [5.41, 5.74) is 5.71. The number of fused-ring (bicyclic) bond motifs is 1. The van der Waals surface area contributed by atoms with Crippen LogP contribution in [0.25, 0.3) is 5.57 Å². The normalized spacial score (nSPS) is 13.4. The topological polar surface area (TPSA) is 38.3 Å². The summed E-state index contributed by atoms with van der Waals surface area (Å²) in [5, 5.41) is 3.82. The molecule has 0 heterocycles. The minimum atomic E-state index is 0.0462. The minimum Gasteiger partial charge on any atom is -0.497 e. The Labute approximate surface area is 153 Å². The molecule has 1 amide bonds. The number of aryl methyl sites for hydroxylation is 1. The zero-order valence-electron chi connectivity index (χ0n) is 14.6. The van der Waals surface area contributed by atoms with E-state index in [0.29, 0.717) is 6.42 Å². The van der Waals surface area contributed by atoms with Gasteiger partial charge in [0.25, 0.3) is 0 Å². The molecule has 0 fully saturated rings. The lowest BCUT2D eigenvalue weighted by atomic mass is 9.85. The lowest BCUT2D eigenvalue weighted by Gasteiger charge is -2.25. The highest BCUT2D eigenvalue weighted by Crippen LogP contribution is 2.35. The Morgan fingerprint density at radius 2 is 2.04 bits per heavy atom. The minimum absolute atomic E-state index is 0.0462. The fraction of sp³-hybridized carbons (Fsp3) is 0.286. The van der Waals surface area contributed by atoms with Gasteiger partial charge in [-0.3, -0.25) is 4.79 Å². The van der Waals surface area contributed by atoms with Gasteiger partial charge in [0.1, 0.15) is 5.75 Å². The van der Waals surface area contributed by atoms with E-state index in [2.05, 4.69) is 23.5 Å². The van der Waals surface area contributed by atoms with Crippen LogP contribution in [0.2, 0.25) is 5.02 Å². The molecule has 0 atom stereocenters. The molecule has 0 saturated heterocycles. The summed E-state index contributed by atoms with van der Waals surface area (Å²) in [6, 6.07) is 14.0. The predicted molar refractivity (Wildman–Crippen MR) is 102 cm³/mol. The number of halogens is 1. The number of hydrogen-bond donors (Lipinski definition) is 1. The van der Waals surface area contributed by atoms with Gasteiger partial charge in [-0.05, 0) is 65.8 Å². The van der Waals surface area contributed by atoms with Gasteiger partial charge in [0.15, 0.2) is 0 Å². The van der Waals surface area contributed by atoms with Gasteiger partial charge in [-0.1, -0.05) is 36.7 Å². The molecule has 1 N–H and O–H groups in total. The van der Waals surface area contributed by atoms with Gasteiger partial charge in [0, 0.05) is 17.1 Å². The van der Waals surface area contributed by atoms with E-state index in [9.17, 15) is 4.79 Å². The molecular formula is C21H22ClNO2. The number of carbonyl (C=O) groups is 1. The summed E-state index contributed by atoms with van der Waals surface area (Å²) in [5.74, 6) is 0.871. The van der Waals surface area contributed by atoms with Crippen molar-refractivity contribution >= 4 is 23.1 Å². The summed E-state index contributed by atoms with van der Waals surface area (Å²) in [6.45, 7) is 1.87. The second-order valence-electron chi connectivity index (χ2n) is 6.19. The molecule has 0 radical (unpaired) electrons. The lowest BCUT2D eigenvalue weighted by molar-refractivity contribution is -0.120. The number of amides is 1. The molecule has 4 heteroatoms. The Hall–Kier alpha value is -2.26. The van der Waals surface area contributed by atoms with E-state index >= 15 is 0 Å². The maximum atomic E-state index is 12.0. The second-order valence-corrected chi connectivity index (χ2v) is 6.63. The van der Waals surface area contributed by atoms with Crippen molar-refractivity contribution in [2.24, 2.45) is 0 Å². The van der Waals surface area contributed by atoms with E-state index in [1.807, 2.05) is 31.2 Å². The third-order valence-electron chi connectivity index (χ3n) is 4.53. The van der Waals surface area contributed by atoms with Gasteiger partial charge < -0.3 is 10.1 Å². The van der Waals surface area contributed by atoms with Gasteiger partial charge in [-0.15, -0.1) is 0 Å². The van der Waals surface area contributed by atoms with Crippen LogP contribution in [-0.2, 0) is 17.6 Å². The predicted octanol–water partition coefficient (Wildman–Crippen LogP) is 4.77. The molecule has 0 spiro atoms. The Balaban J connectivity index is 2.06. The van der Waals surface area contributed by atoms with Crippen molar-refractivity contribution in [1.82, 2.24) is 5.32 Å². The third kappa shape index (κ3) is 4.05. The van der Waals surface area contributed by atoms with E-state index in [1.165, 1.54) is 5.56 Å². The van der Waals surface area contributed by atoms with Crippen LogP contribution in [-0.4, -0.2) is 13.0 Å². The van der Waals surface area contributed by atoms with Gasteiger partial charge in [0.2, 0.25) is 5.91 Å². The summed E-state index contributed by atoms with van der Waals surface area (Å²) in [4.78, 5) is 12.0. The first-order valence-electron chi connectivity index (χ1n) is 8.54. The molecule has 0 unspecified atom stereocenters. The first-order valence-corrected chi connectivity index (χ1v) is 8.92. The molecule has 1 aliphatic carbocycles. The number of ether oxygens (including phenoxy) is 1. The van der Waals surface area contributed by atoms with Crippen LogP contribution in [0.3, 0.4) is 0 Å². The molecular weight excluding hydrogens is 334 g/mol. The van der Waals surface area contributed by atoms with E-state index in [0.717, 1.165) is 52.4 Å². The molecule has 25 heavy (non-hydrogen) atoms. The summed E-state index contributed by atoms with van der Waals surface area (Å²) < 4.78 is 5.40. The van der Waals surface area contributed by atoms with Crippen molar-refractivity contribution in [3.63, 3.8) is 0 Å². The molecule has 1 aliphatic rings. The molecule has 3 nitrogen and oxygen atoms in total. The van der Waals surface area contributed by atoms with Crippen molar-refractivity contribution in [1.29, 1.82) is 0 Å². The van der Waals surface area contributed by atoms with E-state index in [4.69, 9.17) is 16.3 Å². The van der Waals surface area contributed by atoms with Crippen molar-refractivity contribution in [2.75, 3.05) is 7.11 Å². The molecule has 0 aliphatic heterocycles. The monoisotopic (exact) mass is 355 g/mol. The van der Waals surface area contributed by atoms with Crippen LogP contribution in [0.1, 0.15) is 36.5 Å². The second kappa shape index (κ2) is 7.75. The average Bonchev–Trinajstić information content (AvgIpc) is 2.63. The van der Waals surface area contributed by atoms with Crippen LogP contribution in [0.15, 0.2) is 48.2 Å². The molecule has 0 aromatic heterocycles. The third-order valence-corrected chi connectivity index (χ3v) is 4.77. The van der Waals surface area contributed by atoms with E-state index in [-0.39, 0.29) is 5.91 Å². The van der Waals surface area contributed by atoms with Gasteiger partial charge in [-0.25, -0.2) is 0 Å². The van der Waals surface area contributed by atoms with Gasteiger partial charge >= 0.3 is 0 Å². The number of hydrogen-bond acceptors (Lipinski definition) is 2. The number of allylic oxidation sites excluding steroid dienone is 2. The van der Waals surface area contributed by atoms with Crippen LogP contribution >= 0.6 is 11.6 Å². The summed E-state index contributed by atoms with van der Waals surface area (Å²) >= 11 is 6.15.